The van der Waals surface area contributed by atoms with E-state index < -0.39 is 0 Å². The van der Waals surface area contributed by atoms with Crippen LogP contribution in [0.2, 0.25) is 0 Å². The van der Waals surface area contributed by atoms with Gasteiger partial charge in [0.1, 0.15) is 11.5 Å². The van der Waals surface area contributed by atoms with E-state index in [2.05, 4.69) is 70.1 Å². The molecular formula is C15H22IN5. The fourth-order valence-electron chi connectivity index (χ4n) is 2.19. The quantitative estimate of drug-likeness (QED) is 0.778. The molecule has 0 saturated carbocycles. The van der Waals surface area contributed by atoms with E-state index in [0.29, 0.717) is 12.0 Å². The molecule has 0 aliphatic carbocycles. The molecule has 21 heavy (non-hydrogen) atoms. The van der Waals surface area contributed by atoms with Crippen LogP contribution < -0.4 is 5.32 Å². The molecule has 2 aromatic heterocycles. The average Bonchev–Trinajstić information content (AvgIpc) is 2.90. The topological polar surface area (TPSA) is 55.6 Å². The van der Waals surface area contributed by atoms with Crippen LogP contribution in [-0.4, -0.2) is 26.6 Å². The highest BCUT2D eigenvalue weighted by Crippen LogP contribution is 2.26. The van der Waals surface area contributed by atoms with Crippen molar-refractivity contribution in [1.29, 1.82) is 0 Å². The van der Waals surface area contributed by atoms with E-state index in [-0.39, 0.29) is 0 Å². The minimum atomic E-state index is 0.331. The van der Waals surface area contributed by atoms with Gasteiger partial charge in [-0.15, -0.1) is 0 Å². The van der Waals surface area contributed by atoms with Gasteiger partial charge >= 0.3 is 0 Å². The van der Waals surface area contributed by atoms with Gasteiger partial charge in [0.2, 0.25) is 0 Å². The molecule has 0 spiro atoms. The van der Waals surface area contributed by atoms with Gasteiger partial charge in [0.25, 0.3) is 0 Å². The fourth-order valence-corrected chi connectivity index (χ4v) is 2.92. The molecule has 2 rings (SSSR count). The molecule has 114 valence electrons. The number of anilines is 1. The lowest BCUT2D eigenvalue weighted by molar-refractivity contribution is 0.601. The Morgan fingerprint density at radius 1 is 1.24 bits per heavy atom. The molecular weight excluding hydrogens is 377 g/mol. The van der Waals surface area contributed by atoms with Gasteiger partial charge in [-0.1, -0.05) is 13.8 Å². The van der Waals surface area contributed by atoms with Crippen LogP contribution in [0.15, 0.2) is 12.5 Å². The van der Waals surface area contributed by atoms with Crippen LogP contribution >= 0.6 is 22.6 Å². The van der Waals surface area contributed by atoms with E-state index in [4.69, 9.17) is 4.98 Å². The maximum absolute atomic E-state index is 4.79. The fraction of sp³-hybridized carbons (Fsp3) is 0.533. The summed E-state index contributed by atoms with van der Waals surface area (Å²) in [4.78, 5) is 13.7. The molecule has 0 amide bonds. The van der Waals surface area contributed by atoms with Crippen LogP contribution in [0.4, 0.5) is 5.82 Å². The molecule has 0 fully saturated rings. The summed E-state index contributed by atoms with van der Waals surface area (Å²) < 4.78 is 3.20. The van der Waals surface area contributed by atoms with Crippen LogP contribution in [0.1, 0.15) is 39.4 Å². The maximum Gasteiger partial charge on any atom is 0.180 e. The zero-order chi connectivity index (χ0) is 15.6. The predicted molar refractivity (Wildman–Crippen MR) is 94.4 cm³/mol. The highest BCUT2D eigenvalue weighted by Gasteiger charge is 2.17. The Morgan fingerprint density at radius 2 is 1.95 bits per heavy atom. The number of halogens is 1. The maximum atomic E-state index is 4.79. The molecule has 1 N–H and O–H groups in total. The monoisotopic (exact) mass is 399 g/mol. The van der Waals surface area contributed by atoms with Crippen molar-refractivity contribution in [2.24, 2.45) is 5.92 Å². The normalized spacial score (nSPS) is 11.4. The van der Waals surface area contributed by atoms with Gasteiger partial charge in [0.05, 0.1) is 21.8 Å². The summed E-state index contributed by atoms with van der Waals surface area (Å²) in [5.41, 5.74) is 2.05. The minimum absolute atomic E-state index is 0.331. The first-order valence-electron chi connectivity index (χ1n) is 7.20. The van der Waals surface area contributed by atoms with E-state index in [0.717, 1.165) is 33.0 Å². The first-order valence-corrected chi connectivity index (χ1v) is 8.28. The SMILES string of the molecule is CNc1nc(-c2cncn2C(C)C)nc(CC(C)C)c1I. The van der Waals surface area contributed by atoms with Crippen LogP contribution in [0.3, 0.4) is 0 Å². The molecule has 0 atom stereocenters. The lowest BCUT2D eigenvalue weighted by Crippen LogP contribution is -2.10. The van der Waals surface area contributed by atoms with E-state index in [1.165, 1.54) is 0 Å². The Labute approximate surface area is 139 Å². The second kappa shape index (κ2) is 6.72. The van der Waals surface area contributed by atoms with E-state index >= 15 is 0 Å². The first-order chi connectivity index (χ1) is 9.93. The summed E-state index contributed by atoms with van der Waals surface area (Å²) >= 11 is 2.32. The van der Waals surface area contributed by atoms with Gasteiger partial charge in [-0.05, 0) is 48.8 Å². The average molecular weight is 399 g/mol. The molecule has 0 aromatic carbocycles. The second-order valence-corrected chi connectivity index (χ2v) is 6.86. The predicted octanol–water partition coefficient (Wildman–Crippen LogP) is 3.77. The molecule has 0 saturated heterocycles. The third kappa shape index (κ3) is 3.53. The van der Waals surface area contributed by atoms with Gasteiger partial charge in [-0.25, -0.2) is 15.0 Å². The largest absolute Gasteiger partial charge is 0.372 e. The number of nitrogens with one attached hydrogen (secondary N) is 1. The van der Waals surface area contributed by atoms with Crippen molar-refractivity contribution in [1.82, 2.24) is 19.5 Å². The molecule has 2 aromatic rings. The molecule has 0 bridgehead atoms. The van der Waals surface area contributed by atoms with Crippen LogP contribution in [-0.2, 0) is 6.42 Å². The lowest BCUT2D eigenvalue weighted by Gasteiger charge is -2.15. The number of imidazole rings is 1. The molecule has 5 nitrogen and oxygen atoms in total. The van der Waals surface area contributed by atoms with Crippen LogP contribution in [0, 0.1) is 9.49 Å². The number of hydrogen-bond acceptors (Lipinski definition) is 4. The summed E-state index contributed by atoms with van der Waals surface area (Å²) in [6, 6.07) is 0.331. The zero-order valence-electron chi connectivity index (χ0n) is 13.2. The third-order valence-corrected chi connectivity index (χ3v) is 4.34. The Hall–Kier alpha value is -1.18. The Bertz CT molecular complexity index is 619. The third-order valence-electron chi connectivity index (χ3n) is 3.21. The summed E-state index contributed by atoms with van der Waals surface area (Å²) in [7, 11) is 1.90. The summed E-state index contributed by atoms with van der Waals surface area (Å²) in [6.07, 6.45) is 4.61. The number of rotatable bonds is 5. The molecule has 0 unspecified atom stereocenters. The molecule has 0 radical (unpaired) electrons. The number of hydrogen-bond donors (Lipinski definition) is 1. The smallest absolute Gasteiger partial charge is 0.180 e. The summed E-state index contributed by atoms with van der Waals surface area (Å²) in [5.74, 6) is 2.18. The van der Waals surface area contributed by atoms with Crippen molar-refractivity contribution in [2.75, 3.05) is 12.4 Å². The summed E-state index contributed by atoms with van der Waals surface area (Å²) in [5, 5.41) is 3.17. The van der Waals surface area contributed by atoms with Crippen molar-refractivity contribution in [3.63, 3.8) is 0 Å². The minimum Gasteiger partial charge on any atom is -0.372 e. The van der Waals surface area contributed by atoms with Gasteiger partial charge in [0.15, 0.2) is 5.82 Å². The molecule has 0 aliphatic heterocycles. The van der Waals surface area contributed by atoms with Gasteiger partial charge in [-0.3, -0.25) is 0 Å². The second-order valence-electron chi connectivity index (χ2n) is 5.78. The van der Waals surface area contributed by atoms with E-state index in [1.54, 1.807) is 0 Å². The van der Waals surface area contributed by atoms with Crippen molar-refractivity contribution >= 4 is 28.4 Å². The first kappa shape index (κ1) is 16.2. The Kier molecular flexibility index (Phi) is 5.18. The Balaban J connectivity index is 2.55. The van der Waals surface area contributed by atoms with E-state index in [9.17, 15) is 0 Å². The van der Waals surface area contributed by atoms with Crippen molar-refractivity contribution < 1.29 is 0 Å². The number of nitrogens with zero attached hydrogens (tertiary/aromatic N) is 4. The molecule has 0 aliphatic rings. The van der Waals surface area contributed by atoms with Gasteiger partial charge in [-0.2, -0.15) is 0 Å². The standard InChI is InChI=1S/C15H22IN5/c1-9(2)6-11-13(16)15(17-5)20-14(19-11)12-7-18-8-21(12)10(3)4/h7-10H,6H2,1-5H3,(H,17,19,20). The van der Waals surface area contributed by atoms with Crippen molar-refractivity contribution in [3.05, 3.63) is 21.8 Å². The van der Waals surface area contributed by atoms with Gasteiger partial charge < -0.3 is 9.88 Å². The highest BCUT2D eigenvalue weighted by molar-refractivity contribution is 14.1. The molecule has 2 heterocycles. The van der Waals surface area contributed by atoms with Crippen molar-refractivity contribution in [3.8, 4) is 11.5 Å². The Morgan fingerprint density at radius 3 is 2.52 bits per heavy atom. The van der Waals surface area contributed by atoms with Crippen molar-refractivity contribution in [2.45, 2.75) is 40.2 Å². The summed E-state index contributed by atoms with van der Waals surface area (Å²) in [6.45, 7) is 8.67. The van der Waals surface area contributed by atoms with Crippen LogP contribution in [0.25, 0.3) is 11.5 Å². The van der Waals surface area contributed by atoms with Crippen LogP contribution in [0.5, 0.6) is 0 Å². The zero-order valence-corrected chi connectivity index (χ0v) is 15.3. The molecule has 6 heteroatoms. The van der Waals surface area contributed by atoms with Gasteiger partial charge in [0, 0.05) is 13.1 Å². The number of aromatic nitrogens is 4. The lowest BCUT2D eigenvalue weighted by atomic mass is 10.1. The highest BCUT2D eigenvalue weighted by atomic mass is 127. The van der Waals surface area contributed by atoms with E-state index in [1.807, 2.05) is 19.6 Å².